The molecule has 1 fully saturated rings. The molecule has 0 aromatic heterocycles. The van der Waals surface area contributed by atoms with Crippen LogP contribution >= 0.6 is 7.82 Å². The van der Waals surface area contributed by atoms with E-state index in [4.69, 9.17) is 14.0 Å². The van der Waals surface area contributed by atoms with Gasteiger partial charge in [0.1, 0.15) is 5.60 Å². The molecule has 1 rings (SSSR count). The first-order chi connectivity index (χ1) is 9.33. The van der Waals surface area contributed by atoms with Gasteiger partial charge in [-0.15, -0.1) is 0 Å². The third kappa shape index (κ3) is 5.60. The lowest BCUT2D eigenvalue weighted by atomic mass is 10.0. The number of carbonyl (C=O) groups is 1. The van der Waals surface area contributed by atoms with E-state index in [-0.39, 0.29) is 24.9 Å². The van der Waals surface area contributed by atoms with Crippen molar-refractivity contribution in [3.8, 4) is 0 Å². The molecule has 1 unspecified atom stereocenters. The van der Waals surface area contributed by atoms with Gasteiger partial charge >= 0.3 is 0 Å². The average Bonchev–Trinajstić information content (AvgIpc) is 3.12. The topological polar surface area (TPSA) is 94.1 Å². The van der Waals surface area contributed by atoms with Crippen molar-refractivity contribution in [2.45, 2.75) is 32.3 Å². The van der Waals surface area contributed by atoms with Crippen molar-refractivity contribution >= 4 is 13.6 Å². The van der Waals surface area contributed by atoms with Gasteiger partial charge in [-0.1, -0.05) is 13.8 Å². The lowest BCUT2D eigenvalue weighted by Crippen LogP contribution is -2.31. The molecule has 0 radical (unpaired) electrons. The summed E-state index contributed by atoms with van der Waals surface area (Å²) in [5, 5.41) is 0. The highest BCUT2D eigenvalue weighted by Gasteiger charge is 2.54. The van der Waals surface area contributed by atoms with Gasteiger partial charge in [-0.3, -0.25) is 9.36 Å². The summed E-state index contributed by atoms with van der Waals surface area (Å²) < 4.78 is 31.1. The van der Waals surface area contributed by atoms with E-state index in [1.807, 2.05) is 0 Å². The average molecular weight is 309 g/mol. The minimum Gasteiger partial charge on any atom is -0.756 e. The number of methoxy groups -OCH3 is 1. The molecule has 0 amide bonds. The fraction of sp³-hybridized carbons (Fsp3) is 0.917. The quantitative estimate of drug-likeness (QED) is 0.413. The Morgan fingerprint density at radius 1 is 1.25 bits per heavy atom. The number of phosphoric ester groups is 1. The summed E-state index contributed by atoms with van der Waals surface area (Å²) in [7, 11) is -2.94. The van der Waals surface area contributed by atoms with Crippen molar-refractivity contribution in [1.82, 2.24) is 0 Å². The first kappa shape index (κ1) is 17.8. The van der Waals surface area contributed by atoms with Crippen molar-refractivity contribution in [2.24, 2.45) is 5.92 Å². The third-order valence-electron chi connectivity index (χ3n) is 2.87. The largest absolute Gasteiger partial charge is 0.756 e. The molecule has 0 saturated heterocycles. The Bertz CT molecular complexity index is 365. The van der Waals surface area contributed by atoms with Crippen molar-refractivity contribution in [1.29, 1.82) is 0 Å². The van der Waals surface area contributed by atoms with Crippen molar-refractivity contribution < 1.29 is 32.8 Å². The lowest BCUT2D eigenvalue weighted by Gasteiger charge is -2.28. The summed E-state index contributed by atoms with van der Waals surface area (Å²) in [6.07, 6.45) is 0.841. The van der Waals surface area contributed by atoms with E-state index in [1.54, 1.807) is 21.0 Å². The first-order valence-corrected chi connectivity index (χ1v) is 8.06. The Morgan fingerprint density at radius 3 is 2.35 bits per heavy atom. The first-order valence-electron chi connectivity index (χ1n) is 6.60. The maximum atomic E-state index is 11.9. The van der Waals surface area contributed by atoms with Crippen LogP contribution in [-0.2, 0) is 27.9 Å². The molecule has 1 saturated carbocycles. The van der Waals surface area contributed by atoms with Crippen LogP contribution in [0.3, 0.4) is 0 Å². The van der Waals surface area contributed by atoms with Crippen LogP contribution in [0.2, 0.25) is 0 Å². The molecule has 0 aliphatic heterocycles. The molecule has 7 nitrogen and oxygen atoms in total. The summed E-state index contributed by atoms with van der Waals surface area (Å²) in [5.74, 6) is -0.469. The van der Waals surface area contributed by atoms with Crippen molar-refractivity contribution in [2.75, 3.05) is 33.5 Å². The predicted octanol–water partition coefficient (Wildman–Crippen LogP) is 0.909. The molecule has 0 bridgehead atoms. The highest BCUT2D eigenvalue weighted by Crippen LogP contribution is 2.54. The molecule has 0 heterocycles. The third-order valence-corrected chi connectivity index (χ3v) is 3.94. The molecular formula is C12H22O7P-. The van der Waals surface area contributed by atoms with Crippen LogP contribution in [0.25, 0.3) is 0 Å². The standard InChI is InChI=1S/C12H23O7P/c1-10(2)11(13)12(4-5-12)19-20(14,15)18-9-8-17-7-6-16-3/h10H,4-9H2,1-3H3,(H,14,15)/p-1. The second-order valence-corrected chi connectivity index (χ2v) is 6.33. The lowest BCUT2D eigenvalue weighted by molar-refractivity contribution is -0.232. The van der Waals surface area contributed by atoms with Crippen LogP contribution < -0.4 is 4.89 Å². The zero-order chi connectivity index (χ0) is 15.2. The van der Waals surface area contributed by atoms with Crippen LogP contribution in [0.4, 0.5) is 0 Å². The number of hydrogen-bond acceptors (Lipinski definition) is 7. The van der Waals surface area contributed by atoms with Crippen molar-refractivity contribution in [3.63, 3.8) is 0 Å². The molecule has 1 aliphatic carbocycles. The molecule has 1 atom stereocenters. The van der Waals surface area contributed by atoms with Gasteiger partial charge < -0.3 is 23.4 Å². The van der Waals surface area contributed by atoms with E-state index >= 15 is 0 Å². The van der Waals surface area contributed by atoms with E-state index in [9.17, 15) is 14.3 Å². The van der Waals surface area contributed by atoms with Crippen LogP contribution in [0, 0.1) is 5.92 Å². The zero-order valence-corrected chi connectivity index (χ0v) is 13.0. The zero-order valence-electron chi connectivity index (χ0n) is 12.1. The minimum absolute atomic E-state index is 0.115. The summed E-state index contributed by atoms with van der Waals surface area (Å²) in [6.45, 7) is 4.19. The molecule has 8 heteroatoms. The Hall–Kier alpha value is -0.300. The normalized spacial score (nSPS) is 19.9. The molecule has 0 aromatic rings. The van der Waals surface area contributed by atoms with E-state index in [0.717, 1.165) is 0 Å². The molecule has 118 valence electrons. The smallest absolute Gasteiger partial charge is 0.268 e. The molecule has 0 spiro atoms. The Labute approximate surface area is 119 Å². The number of Topliss-reactive ketones (excluding diaryl/α,β-unsaturated/α-hetero) is 1. The number of ether oxygens (including phenoxy) is 2. The van der Waals surface area contributed by atoms with Crippen LogP contribution in [0.1, 0.15) is 26.7 Å². The van der Waals surface area contributed by atoms with E-state index < -0.39 is 13.4 Å². The highest BCUT2D eigenvalue weighted by molar-refractivity contribution is 7.46. The summed E-state index contributed by atoms with van der Waals surface area (Å²) in [5.41, 5.74) is -1.19. The van der Waals surface area contributed by atoms with Gasteiger partial charge in [0.2, 0.25) is 0 Å². The van der Waals surface area contributed by atoms with Gasteiger partial charge in [0.15, 0.2) is 5.78 Å². The van der Waals surface area contributed by atoms with E-state index in [2.05, 4.69) is 4.52 Å². The number of carbonyl (C=O) groups excluding carboxylic acids is 1. The number of ketones is 1. The monoisotopic (exact) mass is 309 g/mol. The highest BCUT2D eigenvalue weighted by atomic mass is 31.2. The summed E-state index contributed by atoms with van der Waals surface area (Å²) in [6, 6.07) is 0. The fourth-order valence-electron chi connectivity index (χ4n) is 1.71. The fourth-order valence-corrected chi connectivity index (χ4v) is 2.77. The Morgan fingerprint density at radius 2 is 1.85 bits per heavy atom. The van der Waals surface area contributed by atoms with Gasteiger partial charge in [-0.05, 0) is 12.8 Å². The van der Waals surface area contributed by atoms with Crippen LogP contribution in [0.15, 0.2) is 0 Å². The SMILES string of the molecule is COCCOCCOP(=O)([O-])OC1(C(=O)C(C)C)CC1. The van der Waals surface area contributed by atoms with Crippen LogP contribution in [0.5, 0.6) is 0 Å². The number of phosphoric acid groups is 1. The summed E-state index contributed by atoms with van der Waals surface area (Å²) in [4.78, 5) is 23.5. The number of hydrogen-bond donors (Lipinski definition) is 0. The second kappa shape index (κ2) is 7.64. The minimum atomic E-state index is -4.48. The second-order valence-electron chi connectivity index (χ2n) is 4.99. The summed E-state index contributed by atoms with van der Waals surface area (Å²) >= 11 is 0. The molecule has 0 N–H and O–H groups in total. The Kier molecular flexibility index (Phi) is 6.78. The van der Waals surface area contributed by atoms with E-state index in [0.29, 0.717) is 26.1 Å². The molecular weight excluding hydrogens is 287 g/mol. The van der Waals surface area contributed by atoms with Crippen LogP contribution in [-0.4, -0.2) is 44.9 Å². The van der Waals surface area contributed by atoms with E-state index in [1.165, 1.54) is 0 Å². The van der Waals surface area contributed by atoms with Gasteiger partial charge in [0.05, 0.1) is 26.4 Å². The number of rotatable bonds is 11. The van der Waals surface area contributed by atoms with Crippen molar-refractivity contribution in [3.05, 3.63) is 0 Å². The van der Waals surface area contributed by atoms with Gasteiger partial charge in [0, 0.05) is 13.0 Å². The Balaban J connectivity index is 2.31. The molecule has 20 heavy (non-hydrogen) atoms. The van der Waals surface area contributed by atoms with Gasteiger partial charge in [0.25, 0.3) is 7.82 Å². The van der Waals surface area contributed by atoms with Gasteiger partial charge in [-0.2, -0.15) is 0 Å². The maximum Gasteiger partial charge on any atom is 0.268 e. The molecule has 1 aliphatic rings. The van der Waals surface area contributed by atoms with Gasteiger partial charge in [-0.25, -0.2) is 0 Å². The predicted molar refractivity (Wildman–Crippen MR) is 69.1 cm³/mol. The maximum absolute atomic E-state index is 11.9. The molecule has 0 aromatic carbocycles.